The van der Waals surface area contributed by atoms with Crippen LogP contribution in [0, 0.1) is 5.82 Å². The van der Waals surface area contributed by atoms with Gasteiger partial charge in [-0.25, -0.2) is 9.07 Å². The van der Waals surface area contributed by atoms with Gasteiger partial charge in [0.05, 0.1) is 16.3 Å². The van der Waals surface area contributed by atoms with E-state index in [9.17, 15) is 9.18 Å². The highest BCUT2D eigenvalue weighted by atomic mass is 35.5. The zero-order chi connectivity index (χ0) is 15.1. The number of hydrogen-bond donors (Lipinski definition) is 1. The summed E-state index contributed by atoms with van der Waals surface area (Å²) >= 11 is 12.3. The maximum absolute atomic E-state index is 14.2. The van der Waals surface area contributed by atoms with Crippen LogP contribution in [0.1, 0.15) is 12.8 Å². The molecule has 1 aliphatic rings. The number of anilines is 1. The third kappa shape index (κ3) is 2.24. The summed E-state index contributed by atoms with van der Waals surface area (Å²) < 4.78 is 17.5. The molecule has 0 bridgehead atoms. The van der Waals surface area contributed by atoms with Gasteiger partial charge < -0.3 is 5.32 Å². The highest BCUT2D eigenvalue weighted by Crippen LogP contribution is 2.34. The summed E-state index contributed by atoms with van der Waals surface area (Å²) in [6.45, 7) is 1.27. The Morgan fingerprint density at radius 2 is 1.86 bits per heavy atom. The number of benzene rings is 1. The maximum atomic E-state index is 14.2. The van der Waals surface area contributed by atoms with Gasteiger partial charge in [0.25, 0.3) is 5.56 Å². The van der Waals surface area contributed by atoms with Gasteiger partial charge in [-0.1, -0.05) is 23.2 Å². The standard InChI is InChI=1S/C14H14Cl2FN3O/c1-18-11-6-8(10(17)7-9(11)15)12-13(16)19-4-2-3-5-20(19)14(12)21/h6-7,18H,2-5H2,1H3. The van der Waals surface area contributed by atoms with Gasteiger partial charge in [0.1, 0.15) is 11.0 Å². The second kappa shape index (κ2) is 5.39. The molecular formula is C14H14Cl2FN3O. The summed E-state index contributed by atoms with van der Waals surface area (Å²) in [5.41, 5.74) is 0.665. The minimum Gasteiger partial charge on any atom is -0.387 e. The highest BCUT2D eigenvalue weighted by Gasteiger charge is 2.24. The van der Waals surface area contributed by atoms with Crippen molar-refractivity contribution in [3.63, 3.8) is 0 Å². The van der Waals surface area contributed by atoms with Gasteiger partial charge >= 0.3 is 0 Å². The molecule has 0 unspecified atom stereocenters. The molecule has 0 spiro atoms. The Hall–Kier alpha value is -1.46. The molecule has 0 aliphatic carbocycles. The molecule has 0 saturated heterocycles. The van der Waals surface area contributed by atoms with Crippen LogP contribution >= 0.6 is 23.2 Å². The molecule has 112 valence electrons. The van der Waals surface area contributed by atoms with E-state index in [0.717, 1.165) is 12.8 Å². The van der Waals surface area contributed by atoms with Crippen molar-refractivity contribution in [3.05, 3.63) is 38.5 Å². The van der Waals surface area contributed by atoms with Crippen molar-refractivity contribution in [2.75, 3.05) is 12.4 Å². The number of halogens is 3. The first-order chi connectivity index (χ1) is 10.0. The van der Waals surface area contributed by atoms with Crippen LogP contribution in [0.5, 0.6) is 0 Å². The van der Waals surface area contributed by atoms with Crippen LogP contribution in [-0.2, 0) is 13.1 Å². The number of nitrogens with zero attached hydrogens (tertiary/aromatic N) is 2. The smallest absolute Gasteiger partial charge is 0.276 e. The molecule has 3 rings (SSSR count). The van der Waals surface area contributed by atoms with E-state index in [4.69, 9.17) is 23.2 Å². The van der Waals surface area contributed by atoms with Crippen molar-refractivity contribution in [2.45, 2.75) is 25.9 Å². The molecule has 2 aromatic rings. The molecule has 4 nitrogen and oxygen atoms in total. The predicted octanol–water partition coefficient (Wildman–Crippen LogP) is 3.60. The lowest BCUT2D eigenvalue weighted by molar-refractivity contribution is 0.356. The molecule has 1 aromatic heterocycles. The Balaban J connectivity index is 2.27. The summed E-state index contributed by atoms with van der Waals surface area (Å²) in [4.78, 5) is 12.5. The van der Waals surface area contributed by atoms with Gasteiger partial charge in [0.2, 0.25) is 0 Å². The van der Waals surface area contributed by atoms with Crippen molar-refractivity contribution in [1.82, 2.24) is 9.36 Å². The molecule has 0 radical (unpaired) electrons. The first kappa shape index (κ1) is 14.5. The fourth-order valence-electron chi connectivity index (χ4n) is 2.68. The number of aromatic nitrogens is 2. The monoisotopic (exact) mass is 329 g/mol. The van der Waals surface area contributed by atoms with Crippen LogP contribution in [0.15, 0.2) is 16.9 Å². The second-order valence-electron chi connectivity index (χ2n) is 4.99. The lowest BCUT2D eigenvalue weighted by Gasteiger charge is -2.17. The Morgan fingerprint density at radius 1 is 1.19 bits per heavy atom. The van der Waals surface area contributed by atoms with E-state index in [2.05, 4.69) is 5.32 Å². The van der Waals surface area contributed by atoms with Crippen LogP contribution in [0.2, 0.25) is 10.2 Å². The van der Waals surface area contributed by atoms with E-state index >= 15 is 0 Å². The van der Waals surface area contributed by atoms with Crippen LogP contribution in [0.25, 0.3) is 11.1 Å². The first-order valence-electron chi connectivity index (χ1n) is 6.71. The molecule has 1 aromatic carbocycles. The molecule has 0 saturated carbocycles. The van der Waals surface area contributed by atoms with Gasteiger partial charge in [-0.05, 0) is 25.0 Å². The number of nitrogens with one attached hydrogen (secondary N) is 1. The van der Waals surface area contributed by atoms with E-state index in [1.54, 1.807) is 16.4 Å². The summed E-state index contributed by atoms with van der Waals surface area (Å²) in [5, 5.41) is 3.42. The third-order valence-corrected chi connectivity index (χ3v) is 4.45. The van der Waals surface area contributed by atoms with Crippen LogP contribution in [0.4, 0.5) is 10.1 Å². The third-order valence-electron chi connectivity index (χ3n) is 3.76. The fraction of sp³-hybridized carbons (Fsp3) is 0.357. The molecule has 21 heavy (non-hydrogen) atoms. The van der Waals surface area contributed by atoms with E-state index in [1.165, 1.54) is 12.1 Å². The van der Waals surface area contributed by atoms with E-state index in [1.807, 2.05) is 0 Å². The molecule has 1 aliphatic heterocycles. The number of rotatable bonds is 2. The molecule has 7 heteroatoms. The van der Waals surface area contributed by atoms with Crippen LogP contribution in [-0.4, -0.2) is 16.4 Å². The van der Waals surface area contributed by atoms with Gasteiger partial charge in [-0.15, -0.1) is 0 Å². The Labute approximate surface area is 131 Å². The second-order valence-corrected chi connectivity index (χ2v) is 5.75. The SMILES string of the molecule is CNc1cc(-c2c(Cl)n3n(c2=O)CCCC3)c(F)cc1Cl. The quantitative estimate of drug-likeness (QED) is 0.914. The highest BCUT2D eigenvalue weighted by molar-refractivity contribution is 6.34. The number of hydrogen-bond acceptors (Lipinski definition) is 2. The Kier molecular flexibility index (Phi) is 3.71. The first-order valence-corrected chi connectivity index (χ1v) is 7.46. The summed E-state index contributed by atoms with van der Waals surface area (Å²) in [5.74, 6) is -0.554. The van der Waals surface area contributed by atoms with Crippen molar-refractivity contribution >= 4 is 28.9 Å². The van der Waals surface area contributed by atoms with Crippen molar-refractivity contribution < 1.29 is 4.39 Å². The molecule has 0 atom stereocenters. The average molecular weight is 330 g/mol. The van der Waals surface area contributed by atoms with Crippen molar-refractivity contribution in [2.24, 2.45) is 0 Å². The van der Waals surface area contributed by atoms with Crippen molar-refractivity contribution in [3.8, 4) is 11.1 Å². The van der Waals surface area contributed by atoms with E-state index in [0.29, 0.717) is 18.8 Å². The molecular weight excluding hydrogens is 316 g/mol. The zero-order valence-electron chi connectivity index (χ0n) is 11.4. The molecule has 0 fully saturated rings. The maximum Gasteiger partial charge on any atom is 0.276 e. The summed E-state index contributed by atoms with van der Waals surface area (Å²) in [7, 11) is 1.68. The van der Waals surface area contributed by atoms with Gasteiger partial charge in [0.15, 0.2) is 0 Å². The fourth-order valence-corrected chi connectivity index (χ4v) is 3.29. The van der Waals surface area contributed by atoms with E-state index in [-0.39, 0.29) is 26.9 Å². The topological polar surface area (TPSA) is 39.0 Å². The zero-order valence-corrected chi connectivity index (χ0v) is 12.9. The van der Waals surface area contributed by atoms with Crippen molar-refractivity contribution in [1.29, 1.82) is 0 Å². The van der Waals surface area contributed by atoms with Crippen LogP contribution in [0.3, 0.4) is 0 Å². The summed E-state index contributed by atoms with van der Waals surface area (Å²) in [6.07, 6.45) is 1.88. The minimum atomic E-state index is -0.554. The Bertz CT molecular complexity index is 767. The molecule has 0 amide bonds. The minimum absolute atomic E-state index is 0.174. The van der Waals surface area contributed by atoms with Gasteiger partial charge in [-0.2, -0.15) is 0 Å². The van der Waals surface area contributed by atoms with E-state index < -0.39 is 5.82 Å². The number of fused-ring (bicyclic) bond motifs is 1. The summed E-state index contributed by atoms with van der Waals surface area (Å²) in [6, 6.07) is 2.71. The van der Waals surface area contributed by atoms with Gasteiger partial charge in [0, 0.05) is 25.7 Å². The average Bonchev–Trinajstić information content (AvgIpc) is 2.72. The lowest BCUT2D eigenvalue weighted by atomic mass is 10.1. The predicted molar refractivity (Wildman–Crippen MR) is 82.9 cm³/mol. The Morgan fingerprint density at radius 3 is 2.48 bits per heavy atom. The lowest BCUT2D eigenvalue weighted by Crippen LogP contribution is -2.27. The molecule has 1 N–H and O–H groups in total. The van der Waals surface area contributed by atoms with Crippen LogP contribution < -0.4 is 10.9 Å². The van der Waals surface area contributed by atoms with Gasteiger partial charge in [-0.3, -0.25) is 9.48 Å². The largest absolute Gasteiger partial charge is 0.387 e. The molecule has 2 heterocycles. The normalized spacial score (nSPS) is 14.1.